The van der Waals surface area contributed by atoms with E-state index in [0.29, 0.717) is 47.2 Å². The molecule has 0 bridgehead atoms. The van der Waals surface area contributed by atoms with Gasteiger partial charge in [-0.2, -0.15) is 0 Å². The van der Waals surface area contributed by atoms with E-state index in [1.165, 1.54) is 13.4 Å². The maximum Gasteiger partial charge on any atom is 0.411 e. The fraction of sp³-hybridized carbons (Fsp3) is 0.250. The number of H-pyrrole nitrogens is 1. The predicted molar refractivity (Wildman–Crippen MR) is 141 cm³/mol. The van der Waals surface area contributed by atoms with Crippen molar-refractivity contribution in [3.63, 3.8) is 0 Å². The zero-order chi connectivity index (χ0) is 27.1. The van der Waals surface area contributed by atoms with Crippen LogP contribution in [0.15, 0.2) is 48.8 Å². The molecule has 12 nitrogen and oxygen atoms in total. The number of nitrogens with zero attached hydrogens (tertiary/aromatic N) is 5. The summed E-state index contributed by atoms with van der Waals surface area (Å²) < 4.78 is 6.15. The topological polar surface area (TPSA) is 160 Å². The Kier molecular flexibility index (Phi) is 8.89. The molecule has 2 heterocycles. The Morgan fingerprint density at radius 3 is 2.66 bits per heavy atom. The molecule has 0 spiro atoms. The molecule has 198 valence electrons. The van der Waals surface area contributed by atoms with Crippen LogP contribution >= 0.6 is 23.2 Å². The molecule has 0 saturated carbocycles. The highest BCUT2D eigenvalue weighted by atomic mass is 35.5. The number of carbonyl (C=O) groups excluding carboxylic acids is 1. The van der Waals surface area contributed by atoms with Gasteiger partial charge in [0, 0.05) is 16.3 Å². The summed E-state index contributed by atoms with van der Waals surface area (Å²) in [7, 11) is 1.28. The van der Waals surface area contributed by atoms with E-state index >= 15 is 0 Å². The number of anilines is 1. The number of rotatable bonds is 11. The van der Waals surface area contributed by atoms with Gasteiger partial charge in [0.1, 0.15) is 23.0 Å². The van der Waals surface area contributed by atoms with Gasteiger partial charge in [-0.25, -0.2) is 14.5 Å². The first kappa shape index (κ1) is 27.0. The van der Waals surface area contributed by atoms with Gasteiger partial charge < -0.3 is 20.1 Å². The molecular formula is C24H24Cl2N8O4. The Balaban J connectivity index is 1.43. The SMILES string of the molecule is COC(=O)Nc1ccc(-c2nc(C(CC(=O)O)NCCCc3cc(Cl)ccc3-n3cnnn3)[nH]c2Cl)cc1. The Bertz CT molecular complexity index is 1390. The third kappa shape index (κ3) is 6.85. The number of amides is 1. The molecule has 0 saturated heterocycles. The number of halogens is 2. The molecule has 0 fully saturated rings. The third-order valence-electron chi connectivity index (χ3n) is 5.63. The lowest BCUT2D eigenvalue weighted by atomic mass is 10.1. The van der Waals surface area contributed by atoms with Crippen molar-refractivity contribution >= 4 is 41.0 Å². The number of tetrazole rings is 1. The highest BCUT2D eigenvalue weighted by molar-refractivity contribution is 6.32. The van der Waals surface area contributed by atoms with E-state index in [9.17, 15) is 14.7 Å². The molecule has 1 unspecified atom stereocenters. The van der Waals surface area contributed by atoms with Gasteiger partial charge in [-0.3, -0.25) is 10.1 Å². The highest BCUT2D eigenvalue weighted by Gasteiger charge is 2.21. The van der Waals surface area contributed by atoms with Gasteiger partial charge in [0.2, 0.25) is 0 Å². The first-order chi connectivity index (χ1) is 18.3. The van der Waals surface area contributed by atoms with Crippen molar-refractivity contribution in [2.45, 2.75) is 25.3 Å². The average molecular weight is 559 g/mol. The number of aryl methyl sites for hydroxylation is 1. The van der Waals surface area contributed by atoms with Gasteiger partial charge in [-0.15, -0.1) is 5.10 Å². The summed E-state index contributed by atoms with van der Waals surface area (Å²) >= 11 is 12.6. The summed E-state index contributed by atoms with van der Waals surface area (Å²) in [6, 6.07) is 11.7. The molecule has 0 aliphatic heterocycles. The van der Waals surface area contributed by atoms with Crippen molar-refractivity contribution in [1.29, 1.82) is 0 Å². The van der Waals surface area contributed by atoms with Crippen LogP contribution in [0.5, 0.6) is 0 Å². The summed E-state index contributed by atoms with van der Waals surface area (Å²) in [6.45, 7) is 0.501. The van der Waals surface area contributed by atoms with Crippen molar-refractivity contribution in [3.05, 3.63) is 70.4 Å². The number of aromatic nitrogens is 6. The van der Waals surface area contributed by atoms with Crippen LogP contribution in [0.3, 0.4) is 0 Å². The summed E-state index contributed by atoms with van der Waals surface area (Å²) in [6.07, 6.45) is 2.07. The van der Waals surface area contributed by atoms with Gasteiger partial charge in [0.15, 0.2) is 0 Å². The number of hydrogen-bond acceptors (Lipinski definition) is 8. The van der Waals surface area contributed by atoms with Crippen molar-refractivity contribution < 1.29 is 19.4 Å². The number of carboxylic acid groups (broad SMARTS) is 1. The third-order valence-corrected chi connectivity index (χ3v) is 6.14. The molecule has 0 aliphatic rings. The first-order valence-corrected chi connectivity index (χ1v) is 12.3. The van der Waals surface area contributed by atoms with E-state index in [1.54, 1.807) is 35.0 Å². The van der Waals surface area contributed by atoms with Crippen LogP contribution in [-0.2, 0) is 16.0 Å². The number of carboxylic acids is 1. The van der Waals surface area contributed by atoms with Gasteiger partial charge >= 0.3 is 12.1 Å². The number of ether oxygens (including phenoxy) is 1. The van der Waals surface area contributed by atoms with Crippen LogP contribution in [0.2, 0.25) is 10.2 Å². The Hall–Kier alpha value is -4.00. The molecule has 0 aliphatic carbocycles. The summed E-state index contributed by atoms with van der Waals surface area (Å²) in [5, 5.41) is 27.5. The number of methoxy groups -OCH3 is 1. The van der Waals surface area contributed by atoms with Crippen molar-refractivity contribution in [1.82, 2.24) is 35.5 Å². The molecule has 0 radical (unpaired) electrons. The highest BCUT2D eigenvalue weighted by Crippen LogP contribution is 2.29. The molecule has 4 rings (SSSR count). The second kappa shape index (κ2) is 12.5. The second-order valence-corrected chi connectivity index (χ2v) is 9.03. The predicted octanol–water partition coefficient (Wildman–Crippen LogP) is 4.28. The van der Waals surface area contributed by atoms with Crippen LogP contribution in [0.25, 0.3) is 16.9 Å². The molecule has 4 aromatic rings. The molecule has 2 aromatic carbocycles. The molecule has 1 atom stereocenters. The monoisotopic (exact) mass is 558 g/mol. The van der Waals surface area contributed by atoms with E-state index in [2.05, 4.69) is 40.9 Å². The second-order valence-electron chi connectivity index (χ2n) is 8.21. The smallest absolute Gasteiger partial charge is 0.411 e. The summed E-state index contributed by atoms with van der Waals surface area (Å²) in [5.41, 5.74) is 3.47. The maximum atomic E-state index is 11.6. The summed E-state index contributed by atoms with van der Waals surface area (Å²) in [4.78, 5) is 30.5. The molecule has 1 amide bonds. The number of imidazole rings is 1. The van der Waals surface area contributed by atoms with E-state index in [1.807, 2.05) is 12.1 Å². The van der Waals surface area contributed by atoms with E-state index in [-0.39, 0.29) is 11.6 Å². The minimum absolute atomic E-state index is 0.196. The van der Waals surface area contributed by atoms with Crippen LogP contribution in [0, 0.1) is 0 Å². The molecular weight excluding hydrogens is 535 g/mol. The van der Waals surface area contributed by atoms with E-state index < -0.39 is 18.1 Å². The van der Waals surface area contributed by atoms with E-state index in [0.717, 1.165) is 11.3 Å². The minimum Gasteiger partial charge on any atom is -0.481 e. The Morgan fingerprint density at radius 1 is 1.18 bits per heavy atom. The van der Waals surface area contributed by atoms with Crippen molar-refractivity contribution in [3.8, 4) is 16.9 Å². The van der Waals surface area contributed by atoms with Crippen LogP contribution in [0.1, 0.15) is 30.3 Å². The van der Waals surface area contributed by atoms with Crippen LogP contribution in [-0.4, -0.2) is 61.0 Å². The molecule has 38 heavy (non-hydrogen) atoms. The lowest BCUT2D eigenvalue weighted by molar-refractivity contribution is -0.137. The molecule has 14 heteroatoms. The van der Waals surface area contributed by atoms with Crippen molar-refractivity contribution in [2.75, 3.05) is 19.0 Å². The summed E-state index contributed by atoms with van der Waals surface area (Å²) in [5.74, 6) is -0.577. The van der Waals surface area contributed by atoms with Gasteiger partial charge in [0.05, 0.1) is 25.3 Å². The van der Waals surface area contributed by atoms with Crippen LogP contribution in [0.4, 0.5) is 10.5 Å². The standard InChI is InChI=1S/C24H24Cl2N8O4/c1-38-24(37)29-17-7-4-14(5-8-17)21-22(26)31-23(30-21)18(12-20(35)36)27-10-2-3-15-11-16(25)6-9-19(15)34-13-28-32-33-34/h4-9,11,13,18,27H,2-3,10,12H2,1H3,(H,29,37)(H,30,31)(H,35,36). The average Bonchev–Trinajstić information content (AvgIpc) is 3.56. The lowest BCUT2D eigenvalue weighted by Gasteiger charge is -2.15. The fourth-order valence-electron chi connectivity index (χ4n) is 3.85. The van der Waals surface area contributed by atoms with Gasteiger partial charge in [-0.05, 0) is 65.7 Å². The zero-order valence-corrected chi connectivity index (χ0v) is 21.7. The number of aliphatic carboxylic acids is 1. The van der Waals surface area contributed by atoms with Gasteiger partial charge in [0.25, 0.3) is 0 Å². The number of hydrogen-bond donors (Lipinski definition) is 4. The Labute approximate surface area is 227 Å². The maximum absolute atomic E-state index is 11.6. The number of carbonyl (C=O) groups is 2. The quantitative estimate of drug-likeness (QED) is 0.197. The fourth-order valence-corrected chi connectivity index (χ4v) is 4.29. The normalized spacial score (nSPS) is 11.8. The van der Waals surface area contributed by atoms with Gasteiger partial charge in [-0.1, -0.05) is 35.3 Å². The molecule has 2 aromatic heterocycles. The number of benzene rings is 2. The van der Waals surface area contributed by atoms with Crippen LogP contribution < -0.4 is 10.6 Å². The first-order valence-electron chi connectivity index (χ1n) is 11.5. The van der Waals surface area contributed by atoms with Crippen molar-refractivity contribution in [2.24, 2.45) is 0 Å². The molecule has 4 N–H and O–H groups in total. The zero-order valence-electron chi connectivity index (χ0n) is 20.2. The Morgan fingerprint density at radius 2 is 1.97 bits per heavy atom. The largest absolute Gasteiger partial charge is 0.481 e. The minimum atomic E-state index is -0.981. The lowest BCUT2D eigenvalue weighted by Crippen LogP contribution is -2.26. The van der Waals surface area contributed by atoms with E-state index in [4.69, 9.17) is 23.2 Å². The number of aromatic amines is 1. The number of nitrogens with one attached hydrogen (secondary N) is 3.